The number of halogens is 1. The molecule has 2 saturated carbocycles. The molecule has 0 bridgehead atoms. The zero-order valence-electron chi connectivity index (χ0n) is 24.4. The molecule has 11 heteroatoms. The number of hydrogen-bond acceptors (Lipinski definition) is 7. The van der Waals surface area contributed by atoms with Crippen LogP contribution in [0.2, 0.25) is 0 Å². The van der Waals surface area contributed by atoms with Crippen molar-refractivity contribution in [3.05, 3.63) is 46.6 Å². The Hall–Kier alpha value is -3.05. The van der Waals surface area contributed by atoms with E-state index in [1.807, 2.05) is 13.8 Å². The van der Waals surface area contributed by atoms with Crippen LogP contribution in [0.1, 0.15) is 71.3 Å². The van der Waals surface area contributed by atoms with E-state index in [4.69, 9.17) is 4.98 Å². The van der Waals surface area contributed by atoms with Crippen LogP contribution in [0.15, 0.2) is 35.3 Å². The number of aromatic nitrogens is 3. The molecule has 5 rings (SSSR count). The molecule has 0 aliphatic heterocycles. The van der Waals surface area contributed by atoms with Gasteiger partial charge in [-0.15, -0.1) is 0 Å². The van der Waals surface area contributed by atoms with Gasteiger partial charge in [-0.25, -0.2) is 17.8 Å². The fourth-order valence-corrected chi connectivity index (χ4v) is 7.13. The van der Waals surface area contributed by atoms with Gasteiger partial charge >= 0.3 is 0 Å². The third-order valence-electron chi connectivity index (χ3n) is 8.61. The molecule has 0 spiro atoms. The van der Waals surface area contributed by atoms with Crippen molar-refractivity contribution < 1.29 is 12.8 Å². The van der Waals surface area contributed by atoms with Gasteiger partial charge in [-0.3, -0.25) is 14.1 Å². The van der Waals surface area contributed by atoms with Crippen molar-refractivity contribution in [3.63, 3.8) is 0 Å². The zero-order valence-corrected chi connectivity index (χ0v) is 25.2. The number of nitrogens with one attached hydrogen (secondary N) is 2. The minimum atomic E-state index is -3.66. The fraction of sp³-hybridized carbons (Fsp3) is 0.567. The number of sulfonamides is 1. The molecule has 9 nitrogen and oxygen atoms in total. The average Bonchev–Trinajstić information content (AvgIpc) is 2.88. The Bertz CT molecular complexity index is 1560. The lowest BCUT2D eigenvalue weighted by Crippen LogP contribution is -2.36. The van der Waals surface area contributed by atoms with E-state index in [2.05, 4.69) is 34.0 Å². The molecule has 1 aromatic carbocycles. The van der Waals surface area contributed by atoms with Crippen molar-refractivity contribution in [1.29, 1.82) is 0 Å². The third kappa shape index (κ3) is 6.72. The quantitative estimate of drug-likeness (QED) is 0.329. The highest BCUT2D eigenvalue weighted by molar-refractivity contribution is 7.92. The van der Waals surface area contributed by atoms with E-state index in [-0.39, 0.29) is 29.1 Å². The van der Waals surface area contributed by atoms with Gasteiger partial charge in [0.2, 0.25) is 16.0 Å². The maximum atomic E-state index is 15.1. The molecule has 0 saturated heterocycles. The monoisotopic (exact) mass is 584 g/mol. The van der Waals surface area contributed by atoms with Crippen LogP contribution in [0.4, 0.5) is 16.0 Å². The molecule has 0 radical (unpaired) electrons. The van der Waals surface area contributed by atoms with Crippen LogP contribution in [-0.4, -0.2) is 59.8 Å². The van der Waals surface area contributed by atoms with E-state index in [1.54, 1.807) is 22.9 Å². The molecule has 0 atom stereocenters. The predicted octanol–water partition coefficient (Wildman–Crippen LogP) is 5.40. The Morgan fingerprint density at radius 1 is 1.10 bits per heavy atom. The Kier molecular flexibility index (Phi) is 8.65. The first-order valence-electron chi connectivity index (χ1n) is 14.7. The molecule has 222 valence electrons. The molecule has 41 heavy (non-hydrogen) atoms. The molecular formula is C30H41FN6O3S. The number of rotatable bonds is 10. The summed E-state index contributed by atoms with van der Waals surface area (Å²) in [7, 11) is 0.571. The van der Waals surface area contributed by atoms with Gasteiger partial charge in [0.25, 0.3) is 5.56 Å². The fourth-order valence-electron chi connectivity index (χ4n) is 5.88. The number of hydrogen-bond donors (Lipinski definition) is 2. The number of fused-ring (bicyclic) bond motifs is 1. The van der Waals surface area contributed by atoms with E-state index in [0.717, 1.165) is 44.9 Å². The summed E-state index contributed by atoms with van der Waals surface area (Å²) >= 11 is 0. The highest BCUT2D eigenvalue weighted by atomic mass is 32.2. The molecule has 2 aromatic heterocycles. The molecule has 2 aliphatic carbocycles. The highest BCUT2D eigenvalue weighted by Crippen LogP contribution is 2.31. The van der Waals surface area contributed by atoms with Gasteiger partial charge in [-0.2, -0.15) is 4.98 Å². The zero-order chi connectivity index (χ0) is 29.3. The van der Waals surface area contributed by atoms with Gasteiger partial charge in [0, 0.05) is 35.3 Å². The first kappa shape index (κ1) is 29.4. The predicted molar refractivity (Wildman–Crippen MR) is 162 cm³/mol. The first-order valence-corrected chi connectivity index (χ1v) is 16.3. The standard InChI is InChI=1S/C30H41FN6O3S/c1-19(2)37-28-22(18-32-30(34-28)33-23-9-11-24(12-10-23)36(3)4)16-25(29(37)38)21-8-13-27(26(31)17-21)35-41(39,40)15-14-20-6-5-7-20/h8,13,16-20,23-24,35H,5-7,9-12,14-15H2,1-4H3,(H,32,33,34). The minimum absolute atomic E-state index is 0.0309. The summed E-state index contributed by atoms with van der Waals surface area (Å²) in [6.07, 6.45) is 9.79. The molecule has 2 aliphatic rings. The van der Waals surface area contributed by atoms with Crippen molar-refractivity contribution >= 4 is 32.7 Å². The van der Waals surface area contributed by atoms with Crippen LogP contribution >= 0.6 is 0 Å². The van der Waals surface area contributed by atoms with Crippen molar-refractivity contribution in [1.82, 2.24) is 19.4 Å². The second-order valence-electron chi connectivity index (χ2n) is 12.1. The van der Waals surface area contributed by atoms with Gasteiger partial charge in [0.1, 0.15) is 11.5 Å². The first-order chi connectivity index (χ1) is 19.5. The van der Waals surface area contributed by atoms with Gasteiger partial charge in [-0.05, 0) is 89.7 Å². The topological polar surface area (TPSA) is 109 Å². The summed E-state index contributed by atoms with van der Waals surface area (Å²) in [5.74, 6) is 0.169. The maximum Gasteiger partial charge on any atom is 0.260 e. The summed E-state index contributed by atoms with van der Waals surface area (Å²) in [5.41, 5.74) is 0.768. The Morgan fingerprint density at radius 2 is 1.83 bits per heavy atom. The lowest BCUT2D eigenvalue weighted by atomic mass is 9.84. The van der Waals surface area contributed by atoms with Crippen LogP contribution in [0.3, 0.4) is 0 Å². The van der Waals surface area contributed by atoms with Crippen molar-refractivity contribution in [2.45, 2.75) is 83.3 Å². The van der Waals surface area contributed by atoms with E-state index in [9.17, 15) is 13.2 Å². The van der Waals surface area contributed by atoms with Crippen LogP contribution in [-0.2, 0) is 10.0 Å². The number of benzene rings is 1. The number of pyridine rings is 1. The molecule has 2 heterocycles. The number of nitrogens with zero attached hydrogens (tertiary/aromatic N) is 4. The Morgan fingerprint density at radius 3 is 2.44 bits per heavy atom. The molecule has 2 N–H and O–H groups in total. The third-order valence-corrected chi connectivity index (χ3v) is 9.92. The Labute approximate surface area is 241 Å². The van der Waals surface area contributed by atoms with Crippen molar-refractivity contribution in [2.75, 3.05) is 29.9 Å². The van der Waals surface area contributed by atoms with E-state index < -0.39 is 15.8 Å². The second-order valence-corrected chi connectivity index (χ2v) is 14.0. The molecule has 0 unspecified atom stereocenters. The van der Waals surface area contributed by atoms with Crippen LogP contribution in [0, 0.1) is 11.7 Å². The van der Waals surface area contributed by atoms with E-state index in [1.165, 1.54) is 12.1 Å². The van der Waals surface area contributed by atoms with Crippen LogP contribution < -0.4 is 15.6 Å². The molecule has 2 fully saturated rings. The SMILES string of the molecule is CC(C)n1c(=O)c(-c2ccc(NS(=O)(=O)CCC3CCC3)c(F)c2)cc2cnc(NC3CCC(N(C)C)CC3)nc21. The number of anilines is 2. The van der Waals surface area contributed by atoms with Crippen molar-refractivity contribution in [3.8, 4) is 11.1 Å². The smallest absolute Gasteiger partial charge is 0.260 e. The molecule has 0 amide bonds. The van der Waals surface area contributed by atoms with E-state index >= 15 is 4.39 Å². The summed E-state index contributed by atoms with van der Waals surface area (Å²) in [5, 5.41) is 4.12. The largest absolute Gasteiger partial charge is 0.351 e. The average molecular weight is 585 g/mol. The molecule has 3 aromatic rings. The minimum Gasteiger partial charge on any atom is -0.351 e. The summed E-state index contributed by atoms with van der Waals surface area (Å²) in [6, 6.07) is 6.50. The van der Waals surface area contributed by atoms with Gasteiger partial charge < -0.3 is 10.2 Å². The maximum absolute atomic E-state index is 15.1. The van der Waals surface area contributed by atoms with Crippen molar-refractivity contribution in [2.24, 2.45) is 5.92 Å². The summed E-state index contributed by atoms with van der Waals surface area (Å²) in [4.78, 5) is 25.2. The van der Waals surface area contributed by atoms with Crippen LogP contribution in [0.5, 0.6) is 0 Å². The summed E-state index contributed by atoms with van der Waals surface area (Å²) < 4.78 is 44.1. The lowest BCUT2D eigenvalue weighted by molar-refractivity contribution is 0.221. The van der Waals surface area contributed by atoms with E-state index in [0.29, 0.717) is 46.5 Å². The second kappa shape index (κ2) is 12.1. The van der Waals surface area contributed by atoms with Gasteiger partial charge in [0.15, 0.2) is 0 Å². The Balaban J connectivity index is 1.38. The van der Waals surface area contributed by atoms with Gasteiger partial charge in [-0.1, -0.05) is 25.3 Å². The van der Waals surface area contributed by atoms with Crippen LogP contribution in [0.25, 0.3) is 22.2 Å². The lowest BCUT2D eigenvalue weighted by Gasteiger charge is -2.33. The normalized spacial score (nSPS) is 20.0. The van der Waals surface area contributed by atoms with Gasteiger partial charge in [0.05, 0.1) is 11.4 Å². The summed E-state index contributed by atoms with van der Waals surface area (Å²) in [6.45, 7) is 3.81. The molecular weight excluding hydrogens is 543 g/mol. The highest BCUT2D eigenvalue weighted by Gasteiger charge is 2.24.